The van der Waals surface area contributed by atoms with Gasteiger partial charge in [0, 0.05) is 5.56 Å². The summed E-state index contributed by atoms with van der Waals surface area (Å²) >= 11 is 0. The van der Waals surface area contributed by atoms with Crippen LogP contribution in [0.15, 0.2) is 54.7 Å². The second kappa shape index (κ2) is 5.50. The predicted octanol–water partition coefficient (Wildman–Crippen LogP) is 3.61. The Morgan fingerprint density at radius 3 is 2.62 bits per heavy atom. The maximum atomic E-state index is 13.3. The van der Waals surface area contributed by atoms with E-state index in [1.54, 1.807) is 25.3 Å². The van der Waals surface area contributed by atoms with Crippen LogP contribution in [0.2, 0.25) is 0 Å². The molecule has 1 unspecified atom stereocenters. The van der Waals surface area contributed by atoms with Crippen LogP contribution in [0.1, 0.15) is 22.8 Å². The third-order valence-corrected chi connectivity index (χ3v) is 3.52. The maximum absolute atomic E-state index is 13.3. The lowest BCUT2D eigenvalue weighted by Crippen LogP contribution is -2.01. The summed E-state index contributed by atoms with van der Waals surface area (Å²) in [6.45, 7) is 1.68. The minimum atomic E-state index is -0.849. The molecule has 0 aliphatic rings. The van der Waals surface area contributed by atoms with E-state index in [1.165, 1.54) is 6.07 Å². The predicted molar refractivity (Wildman–Crippen MR) is 79.2 cm³/mol. The molecule has 0 amide bonds. The van der Waals surface area contributed by atoms with Crippen LogP contribution in [0.3, 0.4) is 0 Å². The van der Waals surface area contributed by atoms with E-state index in [0.29, 0.717) is 16.7 Å². The molecule has 2 N–H and O–H groups in total. The molecular weight excluding hydrogens is 267 g/mol. The molecule has 3 nitrogen and oxygen atoms in total. The number of H-pyrrole nitrogens is 1. The van der Waals surface area contributed by atoms with Gasteiger partial charge in [0.15, 0.2) is 0 Å². The Labute approximate surface area is 122 Å². The average Bonchev–Trinajstić information content (AvgIpc) is 2.99. The van der Waals surface area contributed by atoms with Gasteiger partial charge in [0.25, 0.3) is 0 Å². The molecule has 0 spiro atoms. The number of nitrogens with zero attached hydrogens (tertiary/aromatic N) is 1. The summed E-state index contributed by atoms with van der Waals surface area (Å²) in [6, 6.07) is 14.3. The number of aromatic amines is 1. The fourth-order valence-corrected chi connectivity index (χ4v) is 2.36. The van der Waals surface area contributed by atoms with Gasteiger partial charge < -0.3 is 5.11 Å². The van der Waals surface area contributed by atoms with Gasteiger partial charge in [0.2, 0.25) is 0 Å². The molecule has 0 saturated heterocycles. The molecule has 3 rings (SSSR count). The Bertz CT molecular complexity index is 752. The molecule has 106 valence electrons. The Balaban J connectivity index is 2.01. The highest BCUT2D eigenvalue weighted by atomic mass is 19.1. The SMILES string of the molecule is Cc1cc(C(O)c2cn[nH]c2-c2ccccc2)ccc1F. The molecule has 4 heteroatoms. The van der Waals surface area contributed by atoms with E-state index in [1.807, 2.05) is 30.3 Å². The number of hydrogen-bond acceptors (Lipinski definition) is 2. The van der Waals surface area contributed by atoms with E-state index in [9.17, 15) is 9.50 Å². The Hall–Kier alpha value is -2.46. The monoisotopic (exact) mass is 282 g/mol. The molecule has 1 atom stereocenters. The summed E-state index contributed by atoms with van der Waals surface area (Å²) in [5.74, 6) is -0.276. The molecule has 2 aromatic carbocycles. The van der Waals surface area contributed by atoms with Gasteiger partial charge >= 0.3 is 0 Å². The van der Waals surface area contributed by atoms with Crippen LogP contribution in [0.25, 0.3) is 11.3 Å². The van der Waals surface area contributed by atoms with E-state index < -0.39 is 6.10 Å². The molecule has 1 heterocycles. The topological polar surface area (TPSA) is 48.9 Å². The second-order valence-corrected chi connectivity index (χ2v) is 4.98. The third kappa shape index (κ3) is 2.58. The summed E-state index contributed by atoms with van der Waals surface area (Å²) in [5.41, 5.74) is 3.55. The van der Waals surface area contributed by atoms with Crippen molar-refractivity contribution < 1.29 is 9.50 Å². The molecule has 21 heavy (non-hydrogen) atoms. The number of halogens is 1. The highest BCUT2D eigenvalue weighted by Gasteiger charge is 2.18. The van der Waals surface area contributed by atoms with Gasteiger partial charge in [-0.05, 0) is 29.7 Å². The van der Waals surface area contributed by atoms with Crippen molar-refractivity contribution >= 4 is 0 Å². The summed E-state index contributed by atoms with van der Waals surface area (Å²) in [5, 5.41) is 17.5. The lowest BCUT2D eigenvalue weighted by atomic mass is 9.98. The largest absolute Gasteiger partial charge is 0.384 e. The zero-order valence-corrected chi connectivity index (χ0v) is 11.5. The van der Waals surface area contributed by atoms with Gasteiger partial charge in [0.05, 0.1) is 11.9 Å². The average molecular weight is 282 g/mol. The highest BCUT2D eigenvalue weighted by Crippen LogP contribution is 2.30. The minimum Gasteiger partial charge on any atom is -0.384 e. The molecule has 1 aromatic heterocycles. The molecule has 0 fully saturated rings. The maximum Gasteiger partial charge on any atom is 0.126 e. The first-order valence-electron chi connectivity index (χ1n) is 6.69. The smallest absolute Gasteiger partial charge is 0.126 e. The summed E-state index contributed by atoms with van der Waals surface area (Å²) in [4.78, 5) is 0. The van der Waals surface area contributed by atoms with Gasteiger partial charge in [0.1, 0.15) is 11.9 Å². The van der Waals surface area contributed by atoms with Gasteiger partial charge in [-0.1, -0.05) is 42.5 Å². The van der Waals surface area contributed by atoms with Crippen LogP contribution in [0.5, 0.6) is 0 Å². The van der Waals surface area contributed by atoms with Crippen molar-refractivity contribution in [2.45, 2.75) is 13.0 Å². The standard InChI is InChI=1S/C17H15FN2O/c1-11-9-13(7-8-15(11)18)17(21)14-10-19-20-16(14)12-5-3-2-4-6-12/h2-10,17,21H,1H3,(H,19,20). The molecule has 0 aliphatic carbocycles. The first-order chi connectivity index (χ1) is 10.2. The van der Waals surface area contributed by atoms with Crippen molar-refractivity contribution in [2.24, 2.45) is 0 Å². The normalized spacial score (nSPS) is 12.3. The van der Waals surface area contributed by atoms with Crippen molar-refractivity contribution in [3.8, 4) is 11.3 Å². The van der Waals surface area contributed by atoms with Gasteiger partial charge in [-0.3, -0.25) is 5.10 Å². The Morgan fingerprint density at radius 2 is 1.90 bits per heavy atom. The summed E-state index contributed by atoms with van der Waals surface area (Å²) in [7, 11) is 0. The van der Waals surface area contributed by atoms with Crippen LogP contribution in [-0.4, -0.2) is 15.3 Å². The van der Waals surface area contributed by atoms with Crippen molar-refractivity contribution in [1.29, 1.82) is 0 Å². The van der Waals surface area contributed by atoms with E-state index >= 15 is 0 Å². The van der Waals surface area contributed by atoms with Crippen LogP contribution >= 0.6 is 0 Å². The quantitative estimate of drug-likeness (QED) is 0.771. The van der Waals surface area contributed by atoms with Crippen LogP contribution in [0, 0.1) is 12.7 Å². The van der Waals surface area contributed by atoms with Crippen LogP contribution in [0.4, 0.5) is 4.39 Å². The molecule has 0 saturated carbocycles. The van der Waals surface area contributed by atoms with Gasteiger partial charge in [-0.25, -0.2) is 4.39 Å². The molecule has 0 aliphatic heterocycles. The summed E-state index contributed by atoms with van der Waals surface area (Å²) < 4.78 is 13.3. The van der Waals surface area contributed by atoms with Gasteiger partial charge in [-0.15, -0.1) is 0 Å². The molecule has 0 bridgehead atoms. The number of aliphatic hydroxyl groups is 1. The first kappa shape index (κ1) is 13.5. The van der Waals surface area contributed by atoms with E-state index in [0.717, 1.165) is 11.3 Å². The zero-order valence-electron chi connectivity index (χ0n) is 11.5. The fourth-order valence-electron chi connectivity index (χ4n) is 2.36. The van der Waals surface area contributed by atoms with Gasteiger partial charge in [-0.2, -0.15) is 5.10 Å². The molecule has 0 radical (unpaired) electrons. The number of aryl methyl sites for hydroxylation is 1. The van der Waals surface area contributed by atoms with Crippen LogP contribution < -0.4 is 0 Å². The van der Waals surface area contributed by atoms with Crippen LogP contribution in [-0.2, 0) is 0 Å². The fraction of sp³-hybridized carbons (Fsp3) is 0.118. The number of aromatic nitrogens is 2. The number of aliphatic hydroxyl groups excluding tert-OH is 1. The lowest BCUT2D eigenvalue weighted by Gasteiger charge is -2.12. The lowest BCUT2D eigenvalue weighted by molar-refractivity contribution is 0.220. The first-order valence-corrected chi connectivity index (χ1v) is 6.69. The van der Waals surface area contributed by atoms with Crippen molar-refractivity contribution in [3.05, 3.63) is 77.2 Å². The second-order valence-electron chi connectivity index (χ2n) is 4.98. The third-order valence-electron chi connectivity index (χ3n) is 3.52. The number of rotatable bonds is 3. The molecular formula is C17H15FN2O. The number of nitrogens with one attached hydrogen (secondary N) is 1. The van der Waals surface area contributed by atoms with Crippen molar-refractivity contribution in [2.75, 3.05) is 0 Å². The Kier molecular flexibility index (Phi) is 3.54. The van der Waals surface area contributed by atoms with E-state index in [2.05, 4.69) is 10.2 Å². The summed E-state index contributed by atoms with van der Waals surface area (Å²) in [6.07, 6.45) is 0.754. The number of benzene rings is 2. The minimum absolute atomic E-state index is 0.276. The number of hydrogen-bond donors (Lipinski definition) is 2. The Morgan fingerprint density at radius 1 is 1.14 bits per heavy atom. The van der Waals surface area contributed by atoms with Crippen molar-refractivity contribution in [3.63, 3.8) is 0 Å². The van der Waals surface area contributed by atoms with E-state index in [-0.39, 0.29) is 5.82 Å². The van der Waals surface area contributed by atoms with E-state index in [4.69, 9.17) is 0 Å². The highest BCUT2D eigenvalue weighted by molar-refractivity contribution is 5.63. The molecule has 3 aromatic rings. The van der Waals surface area contributed by atoms with Crippen molar-refractivity contribution in [1.82, 2.24) is 10.2 Å². The zero-order chi connectivity index (χ0) is 14.8.